The molecule has 0 atom stereocenters. The van der Waals surface area contributed by atoms with E-state index in [0.29, 0.717) is 24.7 Å². The van der Waals surface area contributed by atoms with E-state index in [9.17, 15) is 4.79 Å². The van der Waals surface area contributed by atoms with Crippen molar-refractivity contribution in [1.29, 1.82) is 0 Å². The second-order valence-electron chi connectivity index (χ2n) is 9.01. The van der Waals surface area contributed by atoms with Crippen LogP contribution in [0.1, 0.15) is 72.0 Å². The summed E-state index contributed by atoms with van der Waals surface area (Å²) < 4.78 is 11.4. The smallest absolute Gasteiger partial charge is 0.345 e. The molecule has 186 valence electrons. The Morgan fingerprint density at radius 1 is 1.06 bits per heavy atom. The van der Waals surface area contributed by atoms with E-state index >= 15 is 0 Å². The lowest BCUT2D eigenvalue weighted by atomic mass is 9.90. The van der Waals surface area contributed by atoms with Gasteiger partial charge in [0.2, 0.25) is 5.88 Å². The fourth-order valence-corrected chi connectivity index (χ4v) is 4.04. The first-order chi connectivity index (χ1) is 16.8. The zero-order valence-electron chi connectivity index (χ0n) is 21.6. The molecule has 0 radical (unpaired) electrons. The number of ether oxygens (including phenoxy) is 2. The van der Waals surface area contributed by atoms with Crippen LogP contribution in [0.5, 0.6) is 5.88 Å². The van der Waals surface area contributed by atoms with Crippen molar-refractivity contribution in [3.63, 3.8) is 0 Å². The zero-order valence-corrected chi connectivity index (χ0v) is 21.6. The molecule has 2 N–H and O–H groups in total. The molecule has 0 aliphatic rings. The minimum Gasteiger partial charge on any atom is -0.472 e. The van der Waals surface area contributed by atoms with Crippen LogP contribution in [-0.4, -0.2) is 27.5 Å². The fraction of sp³-hybridized carbons (Fsp3) is 0.429. The van der Waals surface area contributed by atoms with Gasteiger partial charge in [-0.3, -0.25) is 4.98 Å². The van der Waals surface area contributed by atoms with E-state index in [1.54, 1.807) is 6.92 Å². The topological polar surface area (TPSA) is 100 Å². The first-order valence-electron chi connectivity index (χ1n) is 12.2. The molecular weight excluding hydrogens is 440 g/mol. The molecule has 0 aliphatic carbocycles. The number of benzene rings is 1. The number of nitrogens with two attached hydrogens (primary N) is 1. The number of carbonyl (C=O) groups excluding carboxylic acids is 1. The van der Waals surface area contributed by atoms with Crippen molar-refractivity contribution in [2.75, 3.05) is 6.61 Å². The van der Waals surface area contributed by atoms with Crippen LogP contribution in [-0.2, 0) is 30.7 Å². The van der Waals surface area contributed by atoms with Crippen LogP contribution in [0, 0.1) is 19.8 Å². The van der Waals surface area contributed by atoms with Crippen LogP contribution in [0.2, 0.25) is 0 Å². The van der Waals surface area contributed by atoms with Gasteiger partial charge in [-0.05, 0) is 49.8 Å². The van der Waals surface area contributed by atoms with Gasteiger partial charge in [0, 0.05) is 36.1 Å². The summed E-state index contributed by atoms with van der Waals surface area (Å²) in [6, 6.07) is 8.40. The first-order valence-corrected chi connectivity index (χ1v) is 12.2. The van der Waals surface area contributed by atoms with Gasteiger partial charge in [0.1, 0.15) is 18.0 Å². The van der Waals surface area contributed by atoms with Gasteiger partial charge >= 0.3 is 5.97 Å². The summed E-state index contributed by atoms with van der Waals surface area (Å²) >= 11 is 0. The lowest BCUT2D eigenvalue weighted by Crippen LogP contribution is -2.16. The molecule has 0 aliphatic heterocycles. The second-order valence-corrected chi connectivity index (χ2v) is 9.01. The summed E-state index contributed by atoms with van der Waals surface area (Å²) in [5.41, 5.74) is 13.6. The largest absolute Gasteiger partial charge is 0.472 e. The summed E-state index contributed by atoms with van der Waals surface area (Å²) in [7, 11) is 0. The molecule has 2 heterocycles. The number of carbonyl (C=O) groups is 1. The molecular formula is C28H36N4O3. The van der Waals surface area contributed by atoms with Crippen molar-refractivity contribution >= 4 is 5.97 Å². The van der Waals surface area contributed by atoms with Crippen molar-refractivity contribution in [2.24, 2.45) is 11.7 Å². The normalized spacial score (nSPS) is 11.1. The standard InChI is InChI=1S/C28H36N4O3/c1-7-25-30-15-22(28(33)34-8-2)27(32-25)35-16-23-19(6)31-24(13-17(3)4)21(14-29)26(23)20-11-9-18(5)10-12-20/h9-12,15,17H,7-8,13-14,16,29H2,1-6H3. The fourth-order valence-electron chi connectivity index (χ4n) is 4.04. The summed E-state index contributed by atoms with van der Waals surface area (Å²) in [5, 5.41) is 0. The van der Waals surface area contributed by atoms with Crippen LogP contribution in [0.15, 0.2) is 30.5 Å². The SMILES string of the molecule is CCOC(=O)c1cnc(CC)nc1OCc1c(C)nc(CC(C)C)c(CN)c1-c1ccc(C)cc1. The number of aryl methyl sites for hydroxylation is 3. The molecule has 2 aromatic heterocycles. The molecule has 0 saturated heterocycles. The number of pyridine rings is 1. The molecule has 0 bridgehead atoms. The minimum atomic E-state index is -0.506. The molecule has 0 unspecified atom stereocenters. The van der Waals surface area contributed by atoms with Crippen molar-refractivity contribution in [2.45, 2.75) is 67.5 Å². The number of nitrogens with zero attached hydrogens (tertiary/aromatic N) is 3. The maximum Gasteiger partial charge on any atom is 0.345 e. The molecule has 3 aromatic rings. The molecule has 3 rings (SSSR count). The molecule has 0 saturated carbocycles. The van der Waals surface area contributed by atoms with Crippen molar-refractivity contribution < 1.29 is 14.3 Å². The summed E-state index contributed by atoms with van der Waals surface area (Å²) in [6.45, 7) is 12.9. The highest BCUT2D eigenvalue weighted by Crippen LogP contribution is 2.33. The van der Waals surface area contributed by atoms with Crippen molar-refractivity contribution in [3.8, 4) is 17.0 Å². The highest BCUT2D eigenvalue weighted by Gasteiger charge is 2.22. The van der Waals surface area contributed by atoms with Gasteiger partial charge in [0.25, 0.3) is 0 Å². The quantitative estimate of drug-likeness (QED) is 0.405. The third kappa shape index (κ3) is 6.22. The first kappa shape index (κ1) is 26.3. The predicted molar refractivity (Wildman–Crippen MR) is 137 cm³/mol. The van der Waals surface area contributed by atoms with E-state index < -0.39 is 5.97 Å². The summed E-state index contributed by atoms with van der Waals surface area (Å²) in [4.78, 5) is 26.2. The van der Waals surface area contributed by atoms with Gasteiger partial charge in [-0.25, -0.2) is 9.78 Å². The average molecular weight is 477 g/mol. The van der Waals surface area contributed by atoms with Crippen LogP contribution in [0.4, 0.5) is 0 Å². The van der Waals surface area contributed by atoms with Gasteiger partial charge in [0.05, 0.1) is 6.61 Å². The minimum absolute atomic E-state index is 0.184. The van der Waals surface area contributed by atoms with E-state index in [1.807, 2.05) is 13.8 Å². The van der Waals surface area contributed by atoms with Crippen LogP contribution in [0.25, 0.3) is 11.1 Å². The third-order valence-corrected chi connectivity index (χ3v) is 5.81. The van der Waals surface area contributed by atoms with E-state index in [-0.39, 0.29) is 24.7 Å². The number of rotatable bonds is 10. The summed E-state index contributed by atoms with van der Waals surface area (Å²) in [5.74, 6) is 0.746. The van der Waals surface area contributed by atoms with E-state index in [2.05, 4.69) is 55.0 Å². The van der Waals surface area contributed by atoms with Gasteiger partial charge in [-0.1, -0.05) is 50.6 Å². The Bertz CT molecular complexity index is 1170. The third-order valence-electron chi connectivity index (χ3n) is 5.81. The van der Waals surface area contributed by atoms with E-state index in [4.69, 9.17) is 20.2 Å². The second kappa shape index (κ2) is 11.9. The number of hydrogen-bond donors (Lipinski definition) is 1. The number of hydrogen-bond acceptors (Lipinski definition) is 7. The Morgan fingerprint density at radius 3 is 2.37 bits per heavy atom. The number of esters is 1. The van der Waals surface area contributed by atoms with Gasteiger partial charge < -0.3 is 15.2 Å². The van der Waals surface area contributed by atoms with Gasteiger partial charge in [-0.15, -0.1) is 0 Å². The average Bonchev–Trinajstić information content (AvgIpc) is 2.83. The van der Waals surface area contributed by atoms with Gasteiger partial charge in [-0.2, -0.15) is 4.98 Å². The maximum atomic E-state index is 12.5. The molecule has 7 heteroatoms. The molecule has 0 spiro atoms. The van der Waals surface area contributed by atoms with Gasteiger partial charge in [0.15, 0.2) is 0 Å². The molecule has 1 aromatic carbocycles. The Hall–Kier alpha value is -3.32. The molecule has 7 nitrogen and oxygen atoms in total. The maximum absolute atomic E-state index is 12.5. The highest BCUT2D eigenvalue weighted by molar-refractivity contribution is 5.91. The molecule has 0 amide bonds. The van der Waals surface area contributed by atoms with Crippen molar-refractivity contribution in [1.82, 2.24) is 15.0 Å². The molecule has 0 fully saturated rings. The summed E-state index contributed by atoms with van der Waals surface area (Å²) in [6.07, 6.45) is 2.93. The monoisotopic (exact) mass is 476 g/mol. The highest BCUT2D eigenvalue weighted by atomic mass is 16.5. The Morgan fingerprint density at radius 2 is 1.77 bits per heavy atom. The van der Waals surface area contributed by atoms with E-state index in [1.165, 1.54) is 11.8 Å². The van der Waals surface area contributed by atoms with Crippen LogP contribution < -0.4 is 10.5 Å². The number of aromatic nitrogens is 3. The van der Waals surface area contributed by atoms with Crippen LogP contribution in [0.3, 0.4) is 0 Å². The zero-order chi connectivity index (χ0) is 25.5. The lowest BCUT2D eigenvalue weighted by Gasteiger charge is -2.21. The molecule has 35 heavy (non-hydrogen) atoms. The van der Waals surface area contributed by atoms with Crippen LogP contribution >= 0.6 is 0 Å². The lowest BCUT2D eigenvalue weighted by molar-refractivity contribution is 0.0519. The Balaban J connectivity index is 2.12. The van der Waals surface area contributed by atoms with Crippen molar-refractivity contribution in [3.05, 3.63) is 69.9 Å². The predicted octanol–water partition coefficient (Wildman–Crippen LogP) is 5.13. The Kier molecular flexibility index (Phi) is 8.93. The van der Waals surface area contributed by atoms with E-state index in [0.717, 1.165) is 40.1 Å². The Labute approximate surface area is 208 Å².